The fourth-order valence-corrected chi connectivity index (χ4v) is 2.06. The fraction of sp³-hybridized carbons (Fsp3) is 0.333. The molecule has 0 unspecified atom stereocenters. The molecular weight excluding hydrogens is 280 g/mol. The molecule has 0 fully saturated rings. The molecule has 4 nitrogen and oxygen atoms in total. The number of carbonyl (C=O) groups is 1. The van der Waals surface area contributed by atoms with Gasteiger partial charge in [0, 0.05) is 16.4 Å². The number of rotatable bonds is 4. The number of pyridine rings is 1. The standard InChI is InChI=1S/C9H11BrN2O2S/c1-14-8(13)2-3-15-9-7(11)4-6(10)5-12-9/h4-5H,2-3,11H2,1H3. The smallest absolute Gasteiger partial charge is 0.306 e. The number of nitrogen functional groups attached to an aromatic ring is 1. The van der Waals surface area contributed by atoms with Crippen LogP contribution in [0.5, 0.6) is 0 Å². The van der Waals surface area contributed by atoms with E-state index in [-0.39, 0.29) is 5.97 Å². The van der Waals surface area contributed by atoms with E-state index in [9.17, 15) is 4.79 Å². The maximum Gasteiger partial charge on any atom is 0.306 e. The summed E-state index contributed by atoms with van der Waals surface area (Å²) in [6.45, 7) is 0. The van der Waals surface area contributed by atoms with Crippen molar-refractivity contribution in [3.05, 3.63) is 16.7 Å². The highest BCUT2D eigenvalue weighted by Crippen LogP contribution is 2.25. The number of carbonyl (C=O) groups excluding carboxylic acids is 1. The highest BCUT2D eigenvalue weighted by Gasteiger charge is 2.05. The summed E-state index contributed by atoms with van der Waals surface area (Å²) in [5, 5.41) is 0.738. The Balaban J connectivity index is 2.47. The van der Waals surface area contributed by atoms with Crippen LogP contribution >= 0.6 is 27.7 Å². The summed E-state index contributed by atoms with van der Waals surface area (Å²) in [5.41, 5.74) is 6.35. The Bertz CT molecular complexity index is 360. The van der Waals surface area contributed by atoms with Gasteiger partial charge in [-0.1, -0.05) is 0 Å². The predicted molar refractivity (Wildman–Crippen MR) is 63.7 cm³/mol. The molecule has 0 amide bonds. The second kappa shape index (κ2) is 5.97. The minimum absolute atomic E-state index is 0.224. The van der Waals surface area contributed by atoms with Gasteiger partial charge < -0.3 is 10.5 Å². The molecule has 0 radical (unpaired) electrons. The second-order valence-electron chi connectivity index (χ2n) is 2.72. The lowest BCUT2D eigenvalue weighted by Gasteiger charge is -2.03. The van der Waals surface area contributed by atoms with Gasteiger partial charge in [0.25, 0.3) is 0 Å². The molecule has 0 aromatic carbocycles. The van der Waals surface area contributed by atoms with E-state index in [0.29, 0.717) is 17.9 Å². The summed E-state index contributed by atoms with van der Waals surface area (Å²) in [5.74, 6) is 0.393. The van der Waals surface area contributed by atoms with Crippen LogP contribution in [0.2, 0.25) is 0 Å². The molecule has 0 saturated carbocycles. The van der Waals surface area contributed by atoms with Crippen LogP contribution in [0, 0.1) is 0 Å². The van der Waals surface area contributed by atoms with Crippen molar-refractivity contribution in [3.8, 4) is 0 Å². The van der Waals surface area contributed by atoms with Gasteiger partial charge in [0.05, 0.1) is 19.2 Å². The number of nitrogens with two attached hydrogens (primary N) is 1. The van der Waals surface area contributed by atoms with E-state index in [1.165, 1.54) is 18.9 Å². The minimum Gasteiger partial charge on any atom is -0.469 e. The number of ether oxygens (including phenoxy) is 1. The van der Waals surface area contributed by atoms with Crippen molar-refractivity contribution >= 4 is 39.3 Å². The average molecular weight is 291 g/mol. The van der Waals surface area contributed by atoms with E-state index in [4.69, 9.17) is 5.73 Å². The van der Waals surface area contributed by atoms with Crippen molar-refractivity contribution in [2.75, 3.05) is 18.6 Å². The number of thioether (sulfide) groups is 1. The van der Waals surface area contributed by atoms with Gasteiger partial charge in [0.15, 0.2) is 0 Å². The quantitative estimate of drug-likeness (QED) is 0.679. The molecular formula is C9H11BrN2O2S. The topological polar surface area (TPSA) is 65.2 Å². The zero-order chi connectivity index (χ0) is 11.3. The molecule has 0 saturated heterocycles. The summed E-state index contributed by atoms with van der Waals surface area (Å²) in [6, 6.07) is 1.79. The van der Waals surface area contributed by atoms with Crippen LogP contribution in [-0.4, -0.2) is 23.8 Å². The highest BCUT2D eigenvalue weighted by molar-refractivity contribution is 9.10. The van der Waals surface area contributed by atoms with Crippen molar-refractivity contribution in [2.24, 2.45) is 0 Å². The Morgan fingerprint density at radius 1 is 1.73 bits per heavy atom. The number of methoxy groups -OCH3 is 1. The minimum atomic E-state index is -0.224. The van der Waals surface area contributed by atoms with Crippen LogP contribution in [0.15, 0.2) is 21.8 Å². The van der Waals surface area contributed by atoms with Crippen LogP contribution < -0.4 is 5.73 Å². The Kier molecular flexibility index (Phi) is 4.90. The van der Waals surface area contributed by atoms with Gasteiger partial charge in [-0.2, -0.15) is 0 Å². The first-order valence-electron chi connectivity index (χ1n) is 4.24. The molecule has 6 heteroatoms. The van der Waals surface area contributed by atoms with E-state index in [2.05, 4.69) is 25.7 Å². The number of hydrogen-bond donors (Lipinski definition) is 1. The number of esters is 1. The lowest BCUT2D eigenvalue weighted by atomic mass is 10.4. The zero-order valence-corrected chi connectivity index (χ0v) is 10.6. The fourth-order valence-electron chi connectivity index (χ4n) is 0.896. The molecule has 1 rings (SSSR count). The highest BCUT2D eigenvalue weighted by atomic mass is 79.9. The Morgan fingerprint density at radius 3 is 3.07 bits per heavy atom. The number of anilines is 1. The first-order valence-corrected chi connectivity index (χ1v) is 6.02. The van der Waals surface area contributed by atoms with E-state index >= 15 is 0 Å². The van der Waals surface area contributed by atoms with Crippen LogP contribution in [0.4, 0.5) is 5.69 Å². The zero-order valence-electron chi connectivity index (χ0n) is 8.20. The van der Waals surface area contributed by atoms with Gasteiger partial charge in [-0.15, -0.1) is 11.8 Å². The molecule has 1 aromatic heterocycles. The third kappa shape index (κ3) is 4.09. The van der Waals surface area contributed by atoms with E-state index in [1.54, 1.807) is 12.3 Å². The molecule has 0 aliphatic rings. The molecule has 0 aliphatic carbocycles. The Morgan fingerprint density at radius 2 is 2.47 bits per heavy atom. The number of nitrogens with zero attached hydrogens (tertiary/aromatic N) is 1. The van der Waals surface area contributed by atoms with Gasteiger partial charge in [0.2, 0.25) is 0 Å². The van der Waals surface area contributed by atoms with Gasteiger partial charge in [-0.3, -0.25) is 4.79 Å². The van der Waals surface area contributed by atoms with Crippen molar-refractivity contribution in [1.82, 2.24) is 4.98 Å². The summed E-state index contributed by atoms with van der Waals surface area (Å²) in [7, 11) is 1.37. The number of halogens is 1. The molecule has 82 valence electrons. The Hall–Kier alpha value is -0.750. The molecule has 1 aromatic rings. The third-order valence-corrected chi connectivity index (χ3v) is 3.07. The van der Waals surface area contributed by atoms with Gasteiger partial charge in [0.1, 0.15) is 5.03 Å². The van der Waals surface area contributed by atoms with Crippen molar-refractivity contribution in [2.45, 2.75) is 11.4 Å². The summed E-state index contributed by atoms with van der Waals surface area (Å²) in [4.78, 5) is 15.0. The average Bonchev–Trinajstić information content (AvgIpc) is 2.21. The van der Waals surface area contributed by atoms with Crippen LogP contribution in [-0.2, 0) is 9.53 Å². The molecule has 2 N–H and O–H groups in total. The maximum atomic E-state index is 10.8. The molecule has 15 heavy (non-hydrogen) atoms. The number of aromatic nitrogens is 1. The maximum absolute atomic E-state index is 10.8. The summed E-state index contributed by atoms with van der Waals surface area (Å²) in [6.07, 6.45) is 2.04. The first-order chi connectivity index (χ1) is 7.13. The van der Waals surface area contributed by atoms with Gasteiger partial charge in [-0.25, -0.2) is 4.98 Å². The van der Waals surface area contributed by atoms with E-state index < -0.39 is 0 Å². The van der Waals surface area contributed by atoms with Gasteiger partial charge >= 0.3 is 5.97 Å². The molecule has 0 bridgehead atoms. The van der Waals surface area contributed by atoms with Crippen LogP contribution in [0.25, 0.3) is 0 Å². The lowest BCUT2D eigenvalue weighted by molar-refractivity contribution is -0.140. The van der Waals surface area contributed by atoms with E-state index in [1.807, 2.05) is 0 Å². The van der Waals surface area contributed by atoms with Crippen molar-refractivity contribution in [1.29, 1.82) is 0 Å². The monoisotopic (exact) mass is 290 g/mol. The third-order valence-electron chi connectivity index (χ3n) is 1.62. The molecule has 0 spiro atoms. The molecule has 0 aliphatic heterocycles. The Labute approximate surface area is 101 Å². The van der Waals surface area contributed by atoms with Crippen LogP contribution in [0.3, 0.4) is 0 Å². The lowest BCUT2D eigenvalue weighted by Crippen LogP contribution is -2.01. The van der Waals surface area contributed by atoms with Crippen molar-refractivity contribution in [3.63, 3.8) is 0 Å². The van der Waals surface area contributed by atoms with Gasteiger partial charge in [-0.05, 0) is 22.0 Å². The SMILES string of the molecule is COC(=O)CCSc1ncc(Br)cc1N. The molecule has 0 atom stereocenters. The number of hydrogen-bond acceptors (Lipinski definition) is 5. The van der Waals surface area contributed by atoms with E-state index in [0.717, 1.165) is 9.50 Å². The predicted octanol–water partition coefficient (Wildman–Crippen LogP) is 2.08. The second-order valence-corrected chi connectivity index (χ2v) is 4.72. The molecule has 1 heterocycles. The van der Waals surface area contributed by atoms with Crippen LogP contribution in [0.1, 0.15) is 6.42 Å². The summed E-state index contributed by atoms with van der Waals surface area (Å²) >= 11 is 4.71. The first kappa shape index (κ1) is 12.3. The largest absolute Gasteiger partial charge is 0.469 e. The normalized spacial score (nSPS) is 10.0. The summed E-state index contributed by atoms with van der Waals surface area (Å²) < 4.78 is 5.37. The van der Waals surface area contributed by atoms with Crippen molar-refractivity contribution < 1.29 is 9.53 Å².